The van der Waals surface area contributed by atoms with E-state index in [0.717, 1.165) is 5.51 Å². The number of carbonyl (C=O) groups is 2. The monoisotopic (exact) mass is 279 g/mol. The van der Waals surface area contributed by atoms with E-state index in [0.29, 0.717) is 11.3 Å². The molecule has 0 aromatic carbocycles. The fourth-order valence-corrected chi connectivity index (χ4v) is 3.28. The number of hydrogen-bond donors (Lipinski definition) is 3. The summed E-state index contributed by atoms with van der Waals surface area (Å²) in [6.07, 6.45) is 0. The number of hydrogen-bond acceptors (Lipinski definition) is 6. The van der Waals surface area contributed by atoms with E-state index in [1.54, 1.807) is 0 Å². The number of rotatable bonds is 5. The van der Waals surface area contributed by atoms with Crippen LogP contribution in [0, 0.1) is 0 Å². The van der Waals surface area contributed by atoms with E-state index in [9.17, 15) is 18.0 Å². The Morgan fingerprint density at radius 3 is 2.65 bits per heavy atom. The number of nitrogens with one attached hydrogen (secondary N) is 1. The zero-order valence-electron chi connectivity index (χ0n) is 8.58. The van der Waals surface area contributed by atoms with Crippen molar-refractivity contribution in [1.29, 1.82) is 0 Å². The number of primary amides is 1. The molecule has 0 bridgehead atoms. The van der Waals surface area contributed by atoms with Crippen molar-refractivity contribution in [3.63, 3.8) is 0 Å². The molecule has 0 saturated carbocycles. The van der Waals surface area contributed by atoms with E-state index >= 15 is 0 Å². The Kier molecular flexibility index (Phi) is 3.80. The molecule has 1 amide bonds. The van der Waals surface area contributed by atoms with Crippen molar-refractivity contribution >= 4 is 33.2 Å². The van der Waals surface area contributed by atoms with E-state index in [1.165, 1.54) is 6.92 Å². The van der Waals surface area contributed by atoms with Gasteiger partial charge in [-0.1, -0.05) is 0 Å². The van der Waals surface area contributed by atoms with Crippen molar-refractivity contribution in [3.05, 3.63) is 11.2 Å². The lowest BCUT2D eigenvalue weighted by Crippen LogP contribution is -2.42. The predicted molar refractivity (Wildman–Crippen MR) is 58.1 cm³/mol. The van der Waals surface area contributed by atoms with Crippen LogP contribution in [0.5, 0.6) is 0 Å². The Labute approximate surface area is 101 Å². The zero-order chi connectivity index (χ0) is 13.2. The van der Waals surface area contributed by atoms with Crippen LogP contribution in [0.3, 0.4) is 0 Å². The van der Waals surface area contributed by atoms with Crippen LogP contribution in [0.2, 0.25) is 0 Å². The molecule has 94 valence electrons. The summed E-state index contributed by atoms with van der Waals surface area (Å²) >= 11 is 0.644. The molecule has 0 aliphatic rings. The molecule has 1 rings (SSSR count). The number of carboxylic acids is 1. The number of sulfonamides is 1. The van der Waals surface area contributed by atoms with Gasteiger partial charge in [0.1, 0.15) is 0 Å². The maximum Gasteiger partial charge on any atom is 0.356 e. The molecule has 0 fully saturated rings. The summed E-state index contributed by atoms with van der Waals surface area (Å²) in [5.74, 6) is -2.33. The normalized spacial score (nSPS) is 13.2. The van der Waals surface area contributed by atoms with Gasteiger partial charge in [0.15, 0.2) is 9.90 Å². The van der Waals surface area contributed by atoms with Crippen molar-refractivity contribution in [3.8, 4) is 0 Å². The zero-order valence-corrected chi connectivity index (χ0v) is 10.2. The van der Waals surface area contributed by atoms with Crippen molar-refractivity contribution in [1.82, 2.24) is 9.71 Å². The summed E-state index contributed by atoms with van der Waals surface area (Å²) in [6.45, 7) is 1.25. The number of nitrogens with two attached hydrogens (primary N) is 1. The molecule has 1 atom stereocenters. The number of carbonyl (C=O) groups excluding carboxylic acids is 1. The topological polar surface area (TPSA) is 139 Å². The first-order valence-corrected chi connectivity index (χ1v) is 6.60. The number of aromatic nitrogens is 1. The van der Waals surface area contributed by atoms with Crippen LogP contribution >= 0.6 is 11.3 Å². The van der Waals surface area contributed by atoms with Gasteiger partial charge < -0.3 is 10.8 Å². The van der Waals surface area contributed by atoms with Gasteiger partial charge in [0.05, 0.1) is 11.6 Å². The van der Waals surface area contributed by atoms with E-state index < -0.39 is 37.8 Å². The van der Waals surface area contributed by atoms with Crippen LogP contribution in [-0.4, -0.2) is 36.4 Å². The molecule has 0 radical (unpaired) electrons. The molecule has 0 aliphatic heterocycles. The Hall–Kier alpha value is -1.52. The largest absolute Gasteiger partial charge is 0.476 e. The molecule has 1 aromatic heterocycles. The highest BCUT2D eigenvalue weighted by Gasteiger charge is 2.28. The second-order valence-electron chi connectivity index (χ2n) is 3.04. The molecule has 1 heterocycles. The molecule has 17 heavy (non-hydrogen) atoms. The van der Waals surface area contributed by atoms with Crippen LogP contribution in [-0.2, 0) is 14.8 Å². The molecule has 0 spiro atoms. The van der Waals surface area contributed by atoms with Crippen LogP contribution in [0.4, 0.5) is 0 Å². The molecule has 8 nitrogen and oxygen atoms in total. The average Bonchev–Trinajstić information content (AvgIpc) is 2.65. The third kappa shape index (κ3) is 2.99. The molecule has 1 aromatic rings. The lowest BCUT2D eigenvalue weighted by molar-refractivity contribution is -0.119. The minimum Gasteiger partial charge on any atom is -0.476 e. The Balaban J connectivity index is 3.10. The standard InChI is InChI=1S/C7H9N3O5S2/c1-3(5(8)11)10-17(14,15)7-4(6(12)13)9-2-16-7/h2-3,10H,1H3,(H2,8,11)(H,12,13). The van der Waals surface area contributed by atoms with Gasteiger partial charge in [0, 0.05) is 0 Å². The fourth-order valence-electron chi connectivity index (χ4n) is 0.913. The van der Waals surface area contributed by atoms with E-state index in [2.05, 4.69) is 4.98 Å². The molecule has 1 unspecified atom stereocenters. The summed E-state index contributed by atoms with van der Waals surface area (Å²) in [5, 5.41) is 8.72. The third-order valence-corrected chi connectivity index (χ3v) is 4.65. The van der Waals surface area contributed by atoms with Gasteiger partial charge in [-0.05, 0) is 6.92 Å². The number of aromatic carboxylic acids is 1. The van der Waals surface area contributed by atoms with Gasteiger partial charge in [-0.3, -0.25) is 4.79 Å². The van der Waals surface area contributed by atoms with Crippen LogP contribution in [0.1, 0.15) is 17.4 Å². The summed E-state index contributed by atoms with van der Waals surface area (Å²) in [4.78, 5) is 24.9. The highest BCUT2D eigenvalue weighted by Crippen LogP contribution is 2.19. The van der Waals surface area contributed by atoms with Gasteiger partial charge in [0.2, 0.25) is 5.91 Å². The molecule has 10 heteroatoms. The van der Waals surface area contributed by atoms with Gasteiger partial charge in [0.25, 0.3) is 10.0 Å². The van der Waals surface area contributed by atoms with Gasteiger partial charge in [-0.2, -0.15) is 4.72 Å². The number of amides is 1. The fraction of sp³-hybridized carbons (Fsp3) is 0.286. The molecule has 0 saturated heterocycles. The van der Waals surface area contributed by atoms with Crippen LogP contribution in [0.15, 0.2) is 9.72 Å². The lowest BCUT2D eigenvalue weighted by Gasteiger charge is -2.09. The van der Waals surface area contributed by atoms with E-state index in [1.807, 2.05) is 4.72 Å². The smallest absolute Gasteiger partial charge is 0.356 e. The van der Waals surface area contributed by atoms with Gasteiger partial charge >= 0.3 is 5.97 Å². The summed E-state index contributed by atoms with van der Waals surface area (Å²) in [7, 11) is -4.11. The van der Waals surface area contributed by atoms with E-state index in [4.69, 9.17) is 10.8 Å². The Bertz CT molecular complexity index is 550. The van der Waals surface area contributed by atoms with Gasteiger partial charge in [-0.15, -0.1) is 11.3 Å². The Morgan fingerprint density at radius 1 is 1.59 bits per heavy atom. The quantitative estimate of drug-likeness (QED) is 0.631. The maximum absolute atomic E-state index is 11.7. The second kappa shape index (κ2) is 4.77. The highest BCUT2D eigenvalue weighted by atomic mass is 32.2. The number of carboxylic acid groups (broad SMARTS) is 1. The first-order valence-electron chi connectivity index (χ1n) is 4.24. The van der Waals surface area contributed by atoms with Crippen molar-refractivity contribution < 1.29 is 23.1 Å². The Morgan fingerprint density at radius 2 is 2.18 bits per heavy atom. The average molecular weight is 279 g/mol. The number of nitrogens with zero attached hydrogens (tertiary/aromatic N) is 1. The minimum atomic E-state index is -4.11. The van der Waals surface area contributed by atoms with Gasteiger partial charge in [-0.25, -0.2) is 18.2 Å². The predicted octanol–water partition coefficient (Wildman–Crippen LogP) is -1.01. The first kappa shape index (κ1) is 13.5. The first-order chi connectivity index (χ1) is 7.75. The van der Waals surface area contributed by atoms with Crippen molar-refractivity contribution in [2.75, 3.05) is 0 Å². The maximum atomic E-state index is 11.7. The molecular formula is C7H9N3O5S2. The minimum absolute atomic E-state index is 0.460. The molecule has 0 aliphatic carbocycles. The number of thiazole rings is 1. The second-order valence-corrected chi connectivity index (χ2v) is 5.80. The van der Waals surface area contributed by atoms with Crippen molar-refractivity contribution in [2.24, 2.45) is 5.73 Å². The van der Waals surface area contributed by atoms with Crippen molar-refractivity contribution in [2.45, 2.75) is 17.2 Å². The molecule has 4 N–H and O–H groups in total. The highest BCUT2D eigenvalue weighted by molar-refractivity contribution is 7.91. The third-order valence-electron chi connectivity index (χ3n) is 1.74. The van der Waals surface area contributed by atoms with Crippen LogP contribution in [0.25, 0.3) is 0 Å². The summed E-state index contributed by atoms with van der Waals surface area (Å²) < 4.78 is 24.9. The lowest BCUT2D eigenvalue weighted by atomic mass is 10.4. The van der Waals surface area contributed by atoms with E-state index in [-0.39, 0.29) is 0 Å². The SMILES string of the molecule is CC(NS(=O)(=O)c1scnc1C(=O)O)C(N)=O. The molecular weight excluding hydrogens is 270 g/mol. The summed E-state index contributed by atoms with van der Waals surface area (Å²) in [6, 6.07) is -1.14. The summed E-state index contributed by atoms with van der Waals surface area (Å²) in [5.41, 5.74) is 5.41. The van der Waals surface area contributed by atoms with Crippen LogP contribution < -0.4 is 10.5 Å².